The summed E-state index contributed by atoms with van der Waals surface area (Å²) in [5.41, 5.74) is 3.29. The Bertz CT molecular complexity index is 1160. The number of hydrogen-bond acceptors (Lipinski definition) is 7. The number of piperidine rings is 1. The lowest BCUT2D eigenvalue weighted by Crippen LogP contribution is -2.45. The van der Waals surface area contributed by atoms with Crippen molar-refractivity contribution in [1.29, 1.82) is 0 Å². The minimum Gasteiger partial charge on any atom is -0.372 e. The fourth-order valence-electron chi connectivity index (χ4n) is 5.15. The van der Waals surface area contributed by atoms with E-state index in [0.29, 0.717) is 0 Å². The van der Waals surface area contributed by atoms with Gasteiger partial charge in [0.05, 0.1) is 17.6 Å². The van der Waals surface area contributed by atoms with Gasteiger partial charge in [0, 0.05) is 48.3 Å². The van der Waals surface area contributed by atoms with Crippen LogP contribution in [0.15, 0.2) is 30.6 Å². The van der Waals surface area contributed by atoms with Gasteiger partial charge in [0.15, 0.2) is 0 Å². The van der Waals surface area contributed by atoms with Gasteiger partial charge in [0.2, 0.25) is 5.91 Å². The van der Waals surface area contributed by atoms with Gasteiger partial charge in [0.1, 0.15) is 17.0 Å². The molecule has 2 aliphatic rings. The van der Waals surface area contributed by atoms with E-state index < -0.39 is 0 Å². The van der Waals surface area contributed by atoms with Gasteiger partial charge in [-0.2, -0.15) is 0 Å². The SMILES string of the molecule is Cc1sc2ncnc(N3CCC(C(=O)Nc4ccc(N5CC(C)OC(C)C5)cc4)CC3)c2c1C. The Morgan fingerprint density at radius 3 is 2.38 bits per heavy atom. The molecule has 0 bridgehead atoms. The second-order valence-corrected chi connectivity index (χ2v) is 10.8. The summed E-state index contributed by atoms with van der Waals surface area (Å²) in [7, 11) is 0. The first-order valence-electron chi connectivity index (χ1n) is 12.2. The van der Waals surface area contributed by atoms with E-state index in [0.717, 1.165) is 60.7 Å². The Balaban J connectivity index is 1.19. The van der Waals surface area contributed by atoms with E-state index in [1.54, 1.807) is 17.7 Å². The first-order chi connectivity index (χ1) is 16.4. The summed E-state index contributed by atoms with van der Waals surface area (Å²) in [6.07, 6.45) is 3.75. The molecule has 1 aromatic carbocycles. The minimum atomic E-state index is 0.0134. The Morgan fingerprint density at radius 2 is 1.71 bits per heavy atom. The molecule has 0 spiro atoms. The summed E-state index contributed by atoms with van der Waals surface area (Å²) in [5, 5.41) is 4.30. The Morgan fingerprint density at radius 1 is 1.03 bits per heavy atom. The van der Waals surface area contributed by atoms with Crippen molar-refractivity contribution in [3.63, 3.8) is 0 Å². The first kappa shape index (κ1) is 23.1. The number of aryl methyl sites for hydroxylation is 2. The molecule has 4 heterocycles. The number of amides is 1. The van der Waals surface area contributed by atoms with Gasteiger partial charge in [-0.05, 0) is 70.4 Å². The van der Waals surface area contributed by atoms with Crippen LogP contribution in [0.1, 0.15) is 37.1 Å². The molecule has 7 nitrogen and oxygen atoms in total. The van der Waals surface area contributed by atoms with Crippen molar-refractivity contribution in [3.8, 4) is 0 Å². The Hall–Kier alpha value is -2.71. The van der Waals surface area contributed by atoms with Crippen LogP contribution in [-0.4, -0.2) is 54.3 Å². The van der Waals surface area contributed by atoms with Crippen molar-refractivity contribution in [3.05, 3.63) is 41.0 Å². The van der Waals surface area contributed by atoms with E-state index in [-0.39, 0.29) is 24.0 Å². The highest BCUT2D eigenvalue weighted by molar-refractivity contribution is 7.18. The van der Waals surface area contributed by atoms with Crippen molar-refractivity contribution in [1.82, 2.24) is 9.97 Å². The number of fused-ring (bicyclic) bond motifs is 1. The second-order valence-electron chi connectivity index (χ2n) is 9.62. The molecule has 180 valence electrons. The van der Waals surface area contributed by atoms with Crippen LogP contribution in [0.5, 0.6) is 0 Å². The molecule has 0 saturated carbocycles. The predicted molar refractivity (Wildman–Crippen MR) is 139 cm³/mol. The number of carbonyl (C=O) groups excluding carboxylic acids is 1. The molecular weight excluding hydrogens is 446 g/mol. The number of carbonyl (C=O) groups is 1. The quantitative estimate of drug-likeness (QED) is 0.581. The monoisotopic (exact) mass is 479 g/mol. The number of nitrogens with zero attached hydrogens (tertiary/aromatic N) is 4. The lowest BCUT2D eigenvalue weighted by Gasteiger charge is -2.37. The largest absolute Gasteiger partial charge is 0.372 e. The number of benzene rings is 1. The van der Waals surface area contributed by atoms with Crippen LogP contribution in [0.3, 0.4) is 0 Å². The molecule has 0 aliphatic carbocycles. The fourth-order valence-corrected chi connectivity index (χ4v) is 6.14. The average molecular weight is 480 g/mol. The highest BCUT2D eigenvalue weighted by Crippen LogP contribution is 2.35. The van der Waals surface area contributed by atoms with Crippen molar-refractivity contribution >= 4 is 44.7 Å². The zero-order valence-electron chi connectivity index (χ0n) is 20.4. The van der Waals surface area contributed by atoms with Gasteiger partial charge in [0.25, 0.3) is 0 Å². The molecule has 34 heavy (non-hydrogen) atoms. The van der Waals surface area contributed by atoms with Crippen molar-refractivity contribution in [2.24, 2.45) is 5.92 Å². The molecule has 1 amide bonds. The lowest BCUT2D eigenvalue weighted by atomic mass is 9.95. The van der Waals surface area contributed by atoms with Crippen LogP contribution in [0.4, 0.5) is 17.2 Å². The molecule has 0 radical (unpaired) electrons. The van der Waals surface area contributed by atoms with Gasteiger partial charge < -0.3 is 19.9 Å². The number of nitrogens with one attached hydrogen (secondary N) is 1. The second kappa shape index (κ2) is 9.50. The van der Waals surface area contributed by atoms with Crippen LogP contribution >= 0.6 is 11.3 Å². The summed E-state index contributed by atoms with van der Waals surface area (Å²) in [6.45, 7) is 11.9. The molecule has 2 fully saturated rings. The molecule has 2 saturated heterocycles. The van der Waals surface area contributed by atoms with E-state index in [1.165, 1.54) is 16.1 Å². The summed E-state index contributed by atoms with van der Waals surface area (Å²) < 4.78 is 5.84. The molecule has 1 N–H and O–H groups in total. The third-order valence-corrected chi connectivity index (χ3v) is 8.15. The zero-order chi connectivity index (χ0) is 23.8. The maximum atomic E-state index is 13.0. The number of morpholine rings is 1. The fraction of sp³-hybridized carbons (Fsp3) is 0.500. The summed E-state index contributed by atoms with van der Waals surface area (Å²) >= 11 is 1.72. The van der Waals surface area contributed by atoms with Crippen LogP contribution in [-0.2, 0) is 9.53 Å². The molecule has 8 heteroatoms. The maximum absolute atomic E-state index is 13.0. The summed E-state index contributed by atoms with van der Waals surface area (Å²) in [5.74, 6) is 1.13. The molecule has 2 aromatic heterocycles. The van der Waals surface area contributed by atoms with E-state index in [4.69, 9.17) is 4.74 Å². The van der Waals surface area contributed by atoms with Gasteiger partial charge in [-0.3, -0.25) is 4.79 Å². The third-order valence-electron chi connectivity index (χ3n) is 7.03. The zero-order valence-corrected chi connectivity index (χ0v) is 21.2. The predicted octanol–water partition coefficient (Wildman–Crippen LogP) is 4.78. The Kier molecular flexibility index (Phi) is 6.44. The maximum Gasteiger partial charge on any atom is 0.227 e. The molecule has 2 aliphatic heterocycles. The highest BCUT2D eigenvalue weighted by Gasteiger charge is 2.28. The molecular formula is C26H33N5O2S. The van der Waals surface area contributed by atoms with Crippen molar-refractivity contribution < 1.29 is 9.53 Å². The summed E-state index contributed by atoms with van der Waals surface area (Å²) in [4.78, 5) is 29.0. The smallest absolute Gasteiger partial charge is 0.227 e. The highest BCUT2D eigenvalue weighted by atomic mass is 32.1. The minimum absolute atomic E-state index is 0.0134. The van der Waals surface area contributed by atoms with Crippen LogP contribution < -0.4 is 15.1 Å². The van der Waals surface area contributed by atoms with Gasteiger partial charge in [-0.15, -0.1) is 11.3 Å². The number of hydrogen-bond donors (Lipinski definition) is 1. The number of thiophene rings is 1. The topological polar surface area (TPSA) is 70.6 Å². The van der Waals surface area contributed by atoms with Gasteiger partial charge in [-0.1, -0.05) is 0 Å². The van der Waals surface area contributed by atoms with E-state index in [9.17, 15) is 4.79 Å². The van der Waals surface area contributed by atoms with Crippen LogP contribution in [0.25, 0.3) is 10.2 Å². The lowest BCUT2D eigenvalue weighted by molar-refractivity contribution is -0.120. The molecule has 2 atom stereocenters. The van der Waals surface area contributed by atoms with Crippen LogP contribution in [0.2, 0.25) is 0 Å². The summed E-state index contributed by atoms with van der Waals surface area (Å²) in [6, 6.07) is 8.20. The molecule has 5 rings (SSSR count). The number of ether oxygens (including phenoxy) is 1. The average Bonchev–Trinajstić information content (AvgIpc) is 3.12. The standard InChI is InChI=1S/C26H33N5O2S/c1-16-13-31(14-17(2)33-16)22-7-5-21(6-8-22)29-25(32)20-9-11-30(12-10-20)24-23-18(3)19(4)34-26(23)28-15-27-24/h5-8,15-17,20H,9-14H2,1-4H3,(H,29,32). The van der Waals surface area contributed by atoms with Crippen molar-refractivity contribution in [2.45, 2.75) is 52.7 Å². The van der Waals surface area contributed by atoms with E-state index in [2.05, 4.69) is 64.9 Å². The number of anilines is 3. The van der Waals surface area contributed by atoms with Gasteiger partial charge in [-0.25, -0.2) is 9.97 Å². The normalized spacial score (nSPS) is 21.8. The number of rotatable bonds is 4. The van der Waals surface area contributed by atoms with Crippen LogP contribution in [0, 0.1) is 19.8 Å². The third kappa shape index (κ3) is 4.61. The number of aromatic nitrogens is 2. The molecule has 3 aromatic rings. The van der Waals surface area contributed by atoms with E-state index >= 15 is 0 Å². The van der Waals surface area contributed by atoms with Crippen molar-refractivity contribution in [2.75, 3.05) is 41.3 Å². The molecule has 2 unspecified atom stereocenters. The van der Waals surface area contributed by atoms with E-state index in [1.807, 2.05) is 12.1 Å². The van der Waals surface area contributed by atoms with Gasteiger partial charge >= 0.3 is 0 Å². The first-order valence-corrected chi connectivity index (χ1v) is 13.0. The Labute approximate surface area is 205 Å².